The van der Waals surface area contributed by atoms with E-state index in [0.717, 1.165) is 6.42 Å². The largest absolute Gasteiger partial charge is 0.389 e. The predicted octanol–water partition coefficient (Wildman–Crippen LogP) is 2.69. The topological polar surface area (TPSA) is 41.5 Å². The molecule has 0 heterocycles. The first kappa shape index (κ1) is 15.5. The van der Waals surface area contributed by atoms with E-state index in [1.54, 1.807) is 7.11 Å². The molecule has 112 valence electrons. The molecule has 2 atom stereocenters. The number of benzene rings is 1. The molecule has 2 rings (SSSR count). The molecule has 0 fully saturated rings. The molecule has 0 bridgehead atoms. The summed E-state index contributed by atoms with van der Waals surface area (Å²) in [5.74, 6) is 0. The third kappa shape index (κ3) is 3.40. The Labute approximate surface area is 122 Å². The van der Waals surface area contributed by atoms with Gasteiger partial charge in [0.05, 0.1) is 5.60 Å². The first-order chi connectivity index (χ1) is 9.36. The van der Waals surface area contributed by atoms with Gasteiger partial charge in [0.2, 0.25) is 0 Å². The zero-order valence-electron chi connectivity index (χ0n) is 13.1. The second-order valence-corrected chi connectivity index (χ2v) is 6.92. The lowest BCUT2D eigenvalue weighted by molar-refractivity contribution is 0.0194. The normalized spacial score (nSPS) is 23.4. The minimum atomic E-state index is -0.733. The Hall–Kier alpha value is -0.900. The summed E-state index contributed by atoms with van der Waals surface area (Å²) >= 11 is 0. The number of methoxy groups -OCH3 is 1. The van der Waals surface area contributed by atoms with Crippen molar-refractivity contribution in [3.05, 3.63) is 35.4 Å². The van der Waals surface area contributed by atoms with Gasteiger partial charge in [-0.15, -0.1) is 0 Å². The molecular formula is C17H27NO2. The molecule has 1 aliphatic carbocycles. The Balaban J connectivity index is 2.05. The minimum Gasteiger partial charge on any atom is -0.389 e. The van der Waals surface area contributed by atoms with Crippen molar-refractivity contribution in [1.29, 1.82) is 0 Å². The number of fused-ring (bicyclic) bond motifs is 1. The Morgan fingerprint density at radius 3 is 2.80 bits per heavy atom. The SMILES string of the molecule is COCCC(C)(O)CNC1c2ccccc2CC1(C)C. The molecule has 0 spiro atoms. The fourth-order valence-corrected chi connectivity index (χ4v) is 3.11. The number of hydrogen-bond acceptors (Lipinski definition) is 3. The highest BCUT2D eigenvalue weighted by atomic mass is 16.5. The molecule has 2 N–H and O–H groups in total. The number of rotatable bonds is 6. The van der Waals surface area contributed by atoms with Gasteiger partial charge in [-0.05, 0) is 29.9 Å². The maximum atomic E-state index is 10.4. The Morgan fingerprint density at radius 1 is 1.40 bits per heavy atom. The van der Waals surface area contributed by atoms with E-state index in [1.807, 2.05) is 6.92 Å². The van der Waals surface area contributed by atoms with E-state index >= 15 is 0 Å². The summed E-state index contributed by atoms with van der Waals surface area (Å²) in [6, 6.07) is 8.91. The summed E-state index contributed by atoms with van der Waals surface area (Å²) in [4.78, 5) is 0. The van der Waals surface area contributed by atoms with Crippen molar-refractivity contribution in [2.75, 3.05) is 20.3 Å². The summed E-state index contributed by atoms with van der Waals surface area (Å²) in [5.41, 5.74) is 2.25. The van der Waals surface area contributed by atoms with Crippen LogP contribution < -0.4 is 5.32 Å². The average Bonchev–Trinajstić information content (AvgIpc) is 2.64. The van der Waals surface area contributed by atoms with Crippen LogP contribution in [0.15, 0.2) is 24.3 Å². The van der Waals surface area contributed by atoms with Crippen molar-refractivity contribution in [3.63, 3.8) is 0 Å². The lowest BCUT2D eigenvalue weighted by Crippen LogP contribution is -2.43. The molecular weight excluding hydrogens is 250 g/mol. The van der Waals surface area contributed by atoms with Crippen molar-refractivity contribution in [2.24, 2.45) is 5.41 Å². The van der Waals surface area contributed by atoms with E-state index in [4.69, 9.17) is 4.74 Å². The van der Waals surface area contributed by atoms with E-state index in [1.165, 1.54) is 11.1 Å². The smallest absolute Gasteiger partial charge is 0.0765 e. The maximum absolute atomic E-state index is 10.4. The van der Waals surface area contributed by atoms with Gasteiger partial charge in [-0.2, -0.15) is 0 Å². The fraction of sp³-hybridized carbons (Fsp3) is 0.647. The van der Waals surface area contributed by atoms with Crippen LogP contribution in [0.4, 0.5) is 0 Å². The van der Waals surface area contributed by atoms with Gasteiger partial charge in [-0.25, -0.2) is 0 Å². The van der Waals surface area contributed by atoms with Crippen molar-refractivity contribution < 1.29 is 9.84 Å². The zero-order valence-corrected chi connectivity index (χ0v) is 13.1. The van der Waals surface area contributed by atoms with Crippen molar-refractivity contribution >= 4 is 0 Å². The maximum Gasteiger partial charge on any atom is 0.0765 e. The molecule has 0 saturated carbocycles. The van der Waals surface area contributed by atoms with Crippen LogP contribution in [0.25, 0.3) is 0 Å². The number of nitrogens with one attached hydrogen (secondary N) is 1. The summed E-state index contributed by atoms with van der Waals surface area (Å²) in [6.07, 6.45) is 1.73. The minimum absolute atomic E-state index is 0.182. The Kier molecular flexibility index (Phi) is 4.52. The van der Waals surface area contributed by atoms with Crippen molar-refractivity contribution in [2.45, 2.75) is 45.3 Å². The van der Waals surface area contributed by atoms with Gasteiger partial charge in [-0.1, -0.05) is 38.1 Å². The quantitative estimate of drug-likeness (QED) is 0.840. The zero-order chi connectivity index (χ0) is 14.8. The van der Waals surface area contributed by atoms with E-state index in [-0.39, 0.29) is 5.41 Å². The van der Waals surface area contributed by atoms with Crippen LogP contribution in [0.1, 0.15) is 44.4 Å². The lowest BCUT2D eigenvalue weighted by atomic mass is 9.85. The average molecular weight is 277 g/mol. The summed E-state index contributed by atoms with van der Waals surface area (Å²) in [6.45, 7) is 7.61. The third-order valence-corrected chi connectivity index (χ3v) is 4.33. The van der Waals surface area contributed by atoms with Crippen LogP contribution in [0.5, 0.6) is 0 Å². The predicted molar refractivity (Wildman–Crippen MR) is 81.8 cm³/mol. The standard InChI is InChI=1S/C17H27NO2/c1-16(2)11-13-7-5-6-8-14(13)15(16)18-12-17(3,19)9-10-20-4/h5-8,15,18-19H,9-12H2,1-4H3. The number of ether oxygens (including phenoxy) is 1. The van der Waals surface area contributed by atoms with Gasteiger partial charge in [0, 0.05) is 32.7 Å². The highest BCUT2D eigenvalue weighted by Gasteiger charge is 2.39. The second-order valence-electron chi connectivity index (χ2n) is 6.92. The van der Waals surface area contributed by atoms with Crippen LogP contribution in [0.2, 0.25) is 0 Å². The second kappa shape index (κ2) is 5.84. The van der Waals surface area contributed by atoms with E-state index in [2.05, 4.69) is 43.4 Å². The van der Waals surface area contributed by atoms with E-state index < -0.39 is 5.60 Å². The molecule has 2 unspecified atom stereocenters. The van der Waals surface area contributed by atoms with Gasteiger partial charge < -0.3 is 15.2 Å². The molecule has 20 heavy (non-hydrogen) atoms. The van der Waals surface area contributed by atoms with Crippen molar-refractivity contribution in [1.82, 2.24) is 5.32 Å². The molecule has 3 nitrogen and oxygen atoms in total. The molecule has 1 aromatic rings. The van der Waals surface area contributed by atoms with Gasteiger partial charge in [-0.3, -0.25) is 0 Å². The van der Waals surface area contributed by atoms with Crippen LogP contribution >= 0.6 is 0 Å². The first-order valence-corrected chi connectivity index (χ1v) is 7.38. The van der Waals surface area contributed by atoms with E-state index in [9.17, 15) is 5.11 Å². The number of aliphatic hydroxyl groups is 1. The monoisotopic (exact) mass is 277 g/mol. The summed E-state index contributed by atoms with van der Waals surface area (Å²) < 4.78 is 5.06. The van der Waals surface area contributed by atoms with Gasteiger partial charge >= 0.3 is 0 Å². The molecule has 0 amide bonds. The molecule has 1 aromatic carbocycles. The Bertz CT molecular complexity index is 454. The van der Waals surface area contributed by atoms with Gasteiger partial charge in [0.1, 0.15) is 0 Å². The van der Waals surface area contributed by atoms with Gasteiger partial charge in [0.25, 0.3) is 0 Å². The first-order valence-electron chi connectivity index (χ1n) is 7.38. The molecule has 0 radical (unpaired) electrons. The van der Waals surface area contributed by atoms with Crippen LogP contribution in [-0.2, 0) is 11.2 Å². The van der Waals surface area contributed by atoms with Crippen LogP contribution in [-0.4, -0.2) is 31.0 Å². The molecule has 0 aliphatic heterocycles. The molecule has 0 saturated heterocycles. The third-order valence-electron chi connectivity index (χ3n) is 4.33. The van der Waals surface area contributed by atoms with Crippen LogP contribution in [0.3, 0.4) is 0 Å². The fourth-order valence-electron chi connectivity index (χ4n) is 3.11. The van der Waals surface area contributed by atoms with Crippen molar-refractivity contribution in [3.8, 4) is 0 Å². The van der Waals surface area contributed by atoms with Crippen LogP contribution in [0, 0.1) is 5.41 Å². The molecule has 0 aromatic heterocycles. The van der Waals surface area contributed by atoms with Gasteiger partial charge in [0.15, 0.2) is 0 Å². The highest BCUT2D eigenvalue weighted by Crippen LogP contribution is 2.45. The molecule has 3 heteroatoms. The Morgan fingerprint density at radius 2 is 2.10 bits per heavy atom. The summed E-state index contributed by atoms with van der Waals surface area (Å²) in [7, 11) is 1.67. The molecule has 1 aliphatic rings. The summed E-state index contributed by atoms with van der Waals surface area (Å²) in [5, 5.41) is 14.0. The number of hydrogen-bond donors (Lipinski definition) is 2. The highest BCUT2D eigenvalue weighted by molar-refractivity contribution is 5.37. The van der Waals surface area contributed by atoms with E-state index in [0.29, 0.717) is 25.6 Å². The lowest BCUT2D eigenvalue weighted by Gasteiger charge is -2.32.